The van der Waals surface area contributed by atoms with Gasteiger partial charge in [0.2, 0.25) is 5.91 Å². The summed E-state index contributed by atoms with van der Waals surface area (Å²) in [6, 6.07) is 7.78. The summed E-state index contributed by atoms with van der Waals surface area (Å²) < 4.78 is 20.7. The Morgan fingerprint density at radius 3 is 2.09 bits per heavy atom. The lowest BCUT2D eigenvalue weighted by Crippen LogP contribution is -2.28. The van der Waals surface area contributed by atoms with E-state index >= 15 is 0 Å². The maximum absolute atomic E-state index is 13.3. The molecule has 0 bridgehead atoms. The Kier molecular flexibility index (Phi) is 13.5. The molecule has 5 N–H and O–H groups in total. The molecular formula is C37H48N8O8. The number of esters is 1. The second-order valence-corrected chi connectivity index (χ2v) is 12.8. The summed E-state index contributed by atoms with van der Waals surface area (Å²) in [6.07, 6.45) is 6.39. The molecule has 3 amide bonds. The molecule has 284 valence electrons. The number of amides is 3. The van der Waals surface area contributed by atoms with Crippen molar-refractivity contribution in [2.75, 3.05) is 64.4 Å². The highest BCUT2D eigenvalue weighted by atomic mass is 16.5. The number of aromatic nitrogens is 3. The minimum Gasteiger partial charge on any atom is -0.493 e. The van der Waals surface area contributed by atoms with Crippen molar-refractivity contribution in [1.29, 1.82) is 0 Å². The van der Waals surface area contributed by atoms with Crippen LogP contribution in [0.3, 0.4) is 0 Å². The van der Waals surface area contributed by atoms with Crippen LogP contribution in [0.4, 0.5) is 17.1 Å². The van der Waals surface area contributed by atoms with E-state index in [4.69, 9.17) is 19.9 Å². The average molecular weight is 733 g/mol. The second kappa shape index (κ2) is 17.9. The van der Waals surface area contributed by atoms with Crippen molar-refractivity contribution in [3.63, 3.8) is 0 Å². The van der Waals surface area contributed by atoms with Crippen LogP contribution in [0.5, 0.6) is 11.5 Å². The Hall–Kier alpha value is -6.03. The van der Waals surface area contributed by atoms with Gasteiger partial charge in [-0.25, -0.2) is 4.79 Å². The topological polar surface area (TPSA) is 193 Å². The molecule has 3 heterocycles. The number of hydrogen-bond acceptors (Lipinski definition) is 10. The summed E-state index contributed by atoms with van der Waals surface area (Å²) in [5.41, 5.74) is 9.00. The van der Waals surface area contributed by atoms with Gasteiger partial charge in [-0.2, -0.15) is 0 Å². The van der Waals surface area contributed by atoms with Gasteiger partial charge in [0, 0.05) is 71.3 Å². The number of nitrogens with one attached hydrogen (secondary N) is 3. The van der Waals surface area contributed by atoms with Gasteiger partial charge in [-0.3, -0.25) is 19.2 Å². The van der Waals surface area contributed by atoms with E-state index < -0.39 is 5.97 Å². The van der Waals surface area contributed by atoms with Gasteiger partial charge in [0.05, 0.1) is 49.1 Å². The van der Waals surface area contributed by atoms with Crippen molar-refractivity contribution < 1.29 is 38.2 Å². The molecule has 4 rings (SSSR count). The van der Waals surface area contributed by atoms with Gasteiger partial charge in [0.25, 0.3) is 11.8 Å². The molecule has 0 radical (unpaired) electrons. The van der Waals surface area contributed by atoms with Gasteiger partial charge in [-0.15, -0.1) is 0 Å². The second-order valence-electron chi connectivity index (χ2n) is 12.8. The number of ether oxygens (including phenoxy) is 3. The highest BCUT2D eigenvalue weighted by molar-refractivity contribution is 6.05. The summed E-state index contributed by atoms with van der Waals surface area (Å²) in [7, 11) is 11.8. The van der Waals surface area contributed by atoms with E-state index in [1.165, 1.54) is 26.4 Å². The van der Waals surface area contributed by atoms with E-state index in [1.807, 2.05) is 19.0 Å². The zero-order chi connectivity index (χ0) is 38.8. The summed E-state index contributed by atoms with van der Waals surface area (Å²) in [5, 5.41) is 8.55. The molecule has 16 nitrogen and oxygen atoms in total. The Morgan fingerprint density at radius 2 is 1.42 bits per heavy atom. The first-order valence-electron chi connectivity index (χ1n) is 16.9. The maximum Gasteiger partial charge on any atom is 0.340 e. The Morgan fingerprint density at radius 1 is 0.774 bits per heavy atom. The highest BCUT2D eigenvalue weighted by Crippen LogP contribution is 2.33. The molecule has 0 aliphatic rings. The molecule has 4 aromatic rings. The lowest BCUT2D eigenvalue weighted by atomic mass is 10.1. The number of nitrogens with two attached hydrogens (primary N) is 1. The fourth-order valence-corrected chi connectivity index (χ4v) is 5.66. The molecule has 0 aliphatic carbocycles. The minimum absolute atomic E-state index is 0.0295. The number of methoxy groups -OCH3 is 2. The van der Waals surface area contributed by atoms with E-state index in [-0.39, 0.29) is 54.2 Å². The first kappa shape index (κ1) is 39.8. The van der Waals surface area contributed by atoms with Gasteiger partial charge < -0.3 is 54.5 Å². The number of nitrogen functional groups attached to an aromatic ring is 1. The Labute approximate surface area is 308 Å². The summed E-state index contributed by atoms with van der Waals surface area (Å²) in [4.78, 5) is 65.7. The molecule has 3 aromatic heterocycles. The number of aryl methyl sites for hydroxylation is 3. The van der Waals surface area contributed by atoms with Gasteiger partial charge >= 0.3 is 5.97 Å². The number of hydrogen-bond donors (Lipinski definition) is 4. The van der Waals surface area contributed by atoms with Crippen LogP contribution in [0, 0.1) is 0 Å². The first-order chi connectivity index (χ1) is 25.2. The average Bonchev–Trinajstić information content (AvgIpc) is 3.79. The smallest absolute Gasteiger partial charge is 0.340 e. The van der Waals surface area contributed by atoms with E-state index in [1.54, 1.807) is 71.6 Å². The van der Waals surface area contributed by atoms with Crippen molar-refractivity contribution in [3.05, 3.63) is 77.1 Å². The van der Waals surface area contributed by atoms with Crippen molar-refractivity contribution in [2.24, 2.45) is 21.1 Å². The van der Waals surface area contributed by atoms with Crippen LogP contribution >= 0.6 is 0 Å². The van der Waals surface area contributed by atoms with E-state index in [9.17, 15) is 24.0 Å². The number of carbonyl (C=O) groups excluding carboxylic acids is 5. The molecule has 0 saturated carbocycles. The number of nitrogens with zero attached hydrogens (tertiary/aromatic N) is 4. The molecule has 0 saturated heterocycles. The molecule has 0 unspecified atom stereocenters. The van der Waals surface area contributed by atoms with Gasteiger partial charge in [0.1, 0.15) is 11.4 Å². The third-order valence-corrected chi connectivity index (χ3v) is 8.34. The fourth-order valence-electron chi connectivity index (χ4n) is 5.66. The molecule has 53 heavy (non-hydrogen) atoms. The van der Waals surface area contributed by atoms with Crippen LogP contribution in [0.2, 0.25) is 0 Å². The van der Waals surface area contributed by atoms with Crippen LogP contribution in [-0.2, 0) is 37.1 Å². The lowest BCUT2D eigenvalue weighted by Gasteiger charge is -2.13. The van der Waals surface area contributed by atoms with Gasteiger partial charge in [-0.1, -0.05) is 0 Å². The quantitative estimate of drug-likeness (QED) is 0.0511. The largest absolute Gasteiger partial charge is 0.493 e. The zero-order valence-electron chi connectivity index (χ0n) is 31.2. The monoisotopic (exact) mass is 732 g/mol. The number of carbonyl (C=O) groups is 5. The first-order valence-corrected chi connectivity index (χ1v) is 16.9. The standard InChI is InChI=1S/C37H48N8O8/c1-42(2)12-9-11-39-35(48)30-17-25(22-45(30)5)41-36(49)29-14-23(20-43(29)3)15-31(46)28-16-24(21-44(28)4)40-34(47)10-8-13-53-33-19-27(38)26(37(50)52-7)18-32(33)51-6/h14,16-22H,8-13,15,38H2,1-7H3,(H,39,48)(H,40,47)(H,41,49). The molecule has 16 heteroatoms. The number of anilines is 3. The SMILES string of the molecule is COC(=O)c1cc(OC)c(OCCCC(=O)Nc2cc(C(=O)Cc3cc(C(=O)Nc4cc(C(=O)NCCCN(C)C)n(C)c4)n(C)c3)n(C)c2)cc1N. The number of rotatable bonds is 18. The number of benzene rings is 1. The lowest BCUT2D eigenvalue weighted by molar-refractivity contribution is -0.116. The van der Waals surface area contributed by atoms with Crippen molar-refractivity contribution >= 4 is 46.5 Å². The van der Waals surface area contributed by atoms with E-state index in [0.717, 1.165) is 13.0 Å². The molecule has 0 spiro atoms. The number of Topliss-reactive ketones (excluding diaryl/α,β-unsaturated/α-hetero) is 1. The Balaban J connectivity index is 1.28. The molecule has 0 aliphatic heterocycles. The fraction of sp³-hybridized carbons (Fsp3) is 0.378. The molecule has 1 aromatic carbocycles. The maximum atomic E-state index is 13.3. The minimum atomic E-state index is -0.599. The highest BCUT2D eigenvalue weighted by Gasteiger charge is 2.20. The van der Waals surface area contributed by atoms with Crippen LogP contribution in [0.25, 0.3) is 0 Å². The zero-order valence-corrected chi connectivity index (χ0v) is 31.2. The van der Waals surface area contributed by atoms with Crippen LogP contribution in [0.1, 0.15) is 66.6 Å². The van der Waals surface area contributed by atoms with Crippen LogP contribution < -0.4 is 31.2 Å². The van der Waals surface area contributed by atoms with Crippen molar-refractivity contribution in [1.82, 2.24) is 23.9 Å². The molecule has 0 atom stereocenters. The third kappa shape index (κ3) is 10.5. The number of ketones is 1. The predicted octanol–water partition coefficient (Wildman–Crippen LogP) is 3.24. The van der Waals surface area contributed by atoms with Crippen molar-refractivity contribution in [2.45, 2.75) is 25.7 Å². The van der Waals surface area contributed by atoms with Crippen molar-refractivity contribution in [3.8, 4) is 11.5 Å². The third-order valence-electron chi connectivity index (χ3n) is 8.34. The predicted molar refractivity (Wildman–Crippen MR) is 200 cm³/mol. The molecular weight excluding hydrogens is 684 g/mol. The summed E-state index contributed by atoms with van der Waals surface area (Å²) in [6.45, 7) is 1.57. The molecule has 0 fully saturated rings. The van der Waals surface area contributed by atoms with Crippen LogP contribution in [0.15, 0.2) is 48.9 Å². The van der Waals surface area contributed by atoms with E-state index in [2.05, 4.69) is 16.0 Å². The van der Waals surface area contributed by atoms with E-state index in [0.29, 0.717) is 58.5 Å². The summed E-state index contributed by atoms with van der Waals surface area (Å²) in [5.74, 6) is -1.05. The van der Waals surface area contributed by atoms with Crippen LogP contribution in [-0.4, -0.2) is 96.1 Å². The normalized spacial score (nSPS) is 10.9. The Bertz CT molecular complexity index is 1970. The van der Waals surface area contributed by atoms with Gasteiger partial charge in [0.15, 0.2) is 17.3 Å². The summed E-state index contributed by atoms with van der Waals surface area (Å²) >= 11 is 0. The van der Waals surface area contributed by atoms with Gasteiger partial charge in [-0.05, 0) is 57.2 Å².